The van der Waals surface area contributed by atoms with Crippen LogP contribution in [0, 0.1) is 5.92 Å². The van der Waals surface area contributed by atoms with Gasteiger partial charge in [0.2, 0.25) is 0 Å². The number of rotatable bonds is 3. The van der Waals surface area contributed by atoms with Gasteiger partial charge in [0.05, 0.1) is 17.4 Å². The summed E-state index contributed by atoms with van der Waals surface area (Å²) in [7, 11) is -4.28. The van der Waals surface area contributed by atoms with Gasteiger partial charge in [-0.05, 0) is 24.3 Å². The molecule has 0 radical (unpaired) electrons. The lowest BCUT2D eigenvalue weighted by molar-refractivity contribution is 0.0704. The average molecular weight is 364 g/mol. The molecule has 1 fully saturated rings. The number of nitrogens with zero attached hydrogens (tertiary/aromatic N) is 2. The molecule has 4 atom stereocenters. The Hall–Kier alpha value is -2.03. The zero-order valence-corrected chi connectivity index (χ0v) is 14.5. The van der Waals surface area contributed by atoms with Crippen LogP contribution in [-0.2, 0) is 10.1 Å². The van der Waals surface area contributed by atoms with Crippen molar-refractivity contribution in [1.29, 1.82) is 0 Å². The van der Waals surface area contributed by atoms with Gasteiger partial charge in [-0.15, -0.1) is 0 Å². The molecule has 1 aliphatic carbocycles. The summed E-state index contributed by atoms with van der Waals surface area (Å²) >= 11 is 0. The molecule has 7 nitrogen and oxygen atoms in total. The summed E-state index contributed by atoms with van der Waals surface area (Å²) in [6.45, 7) is 1.59. The van der Waals surface area contributed by atoms with Crippen LogP contribution in [0.1, 0.15) is 19.8 Å². The van der Waals surface area contributed by atoms with Crippen LogP contribution in [0.3, 0.4) is 0 Å². The van der Waals surface area contributed by atoms with Gasteiger partial charge in [-0.2, -0.15) is 18.6 Å². The Morgan fingerprint density at radius 3 is 2.56 bits per heavy atom. The van der Waals surface area contributed by atoms with E-state index < -0.39 is 33.4 Å². The molecule has 0 amide bonds. The van der Waals surface area contributed by atoms with E-state index in [4.69, 9.17) is 0 Å². The van der Waals surface area contributed by atoms with E-state index in [0.29, 0.717) is 5.69 Å². The third kappa shape index (κ3) is 3.65. The van der Waals surface area contributed by atoms with E-state index in [0.717, 1.165) is 10.8 Å². The van der Waals surface area contributed by atoms with E-state index in [9.17, 15) is 23.2 Å². The molecule has 0 heterocycles. The number of phenols is 1. The highest BCUT2D eigenvalue weighted by atomic mass is 32.2. The Kier molecular flexibility index (Phi) is 4.77. The SMILES string of the molecule is CC1C(O)CC(N=Nc2c(O)ccc3ccccc23)CC1S(=O)(=O)O. The maximum absolute atomic E-state index is 11.5. The number of fused-ring (bicyclic) bond motifs is 1. The molecule has 2 aromatic carbocycles. The van der Waals surface area contributed by atoms with Crippen LogP contribution in [0.25, 0.3) is 10.8 Å². The predicted molar refractivity (Wildman–Crippen MR) is 93.7 cm³/mol. The van der Waals surface area contributed by atoms with Crippen LogP contribution in [0.15, 0.2) is 46.6 Å². The molecule has 8 heteroatoms. The molecule has 0 bridgehead atoms. The van der Waals surface area contributed by atoms with E-state index >= 15 is 0 Å². The number of azo groups is 1. The summed E-state index contributed by atoms with van der Waals surface area (Å²) in [4.78, 5) is 0. The summed E-state index contributed by atoms with van der Waals surface area (Å²) in [6.07, 6.45) is -0.570. The van der Waals surface area contributed by atoms with Gasteiger partial charge in [0.25, 0.3) is 10.1 Å². The molecule has 3 rings (SSSR count). The van der Waals surface area contributed by atoms with Crippen molar-refractivity contribution in [3.63, 3.8) is 0 Å². The molecule has 0 saturated heterocycles. The maximum atomic E-state index is 11.5. The minimum Gasteiger partial charge on any atom is -0.506 e. The highest BCUT2D eigenvalue weighted by molar-refractivity contribution is 7.86. The van der Waals surface area contributed by atoms with Gasteiger partial charge in [0.1, 0.15) is 11.4 Å². The van der Waals surface area contributed by atoms with Crippen LogP contribution in [0.4, 0.5) is 5.69 Å². The number of phenolic OH excluding ortho intramolecular Hbond substituents is 1. The molecule has 4 unspecified atom stereocenters. The number of aromatic hydroxyl groups is 1. The molecule has 1 aliphatic rings. The maximum Gasteiger partial charge on any atom is 0.268 e. The molecule has 0 aromatic heterocycles. The fraction of sp³-hybridized carbons (Fsp3) is 0.412. The molecule has 3 N–H and O–H groups in total. The van der Waals surface area contributed by atoms with Gasteiger partial charge in [-0.25, -0.2) is 0 Å². The highest BCUT2D eigenvalue weighted by Gasteiger charge is 2.41. The van der Waals surface area contributed by atoms with Gasteiger partial charge in [0, 0.05) is 11.3 Å². The summed E-state index contributed by atoms with van der Waals surface area (Å²) in [6, 6.07) is 10.1. The summed E-state index contributed by atoms with van der Waals surface area (Å²) in [5, 5.41) is 28.9. The van der Waals surface area contributed by atoms with E-state index in [2.05, 4.69) is 10.2 Å². The van der Waals surface area contributed by atoms with Crippen molar-refractivity contribution in [1.82, 2.24) is 0 Å². The van der Waals surface area contributed by atoms with E-state index in [1.807, 2.05) is 24.3 Å². The van der Waals surface area contributed by atoms with Crippen molar-refractivity contribution >= 4 is 26.6 Å². The standard InChI is InChI=1S/C17H20N2O5S/c1-10-15(21)8-12(9-16(10)25(22,23)24)18-19-17-13-5-3-2-4-11(13)6-7-14(17)20/h2-7,10,12,15-16,20-21H,8-9H2,1H3,(H,22,23,24). The third-order valence-corrected chi connectivity index (χ3v) is 6.18. The van der Waals surface area contributed by atoms with Gasteiger partial charge in [0.15, 0.2) is 0 Å². The topological polar surface area (TPSA) is 120 Å². The molecular weight excluding hydrogens is 344 g/mol. The lowest BCUT2D eigenvalue weighted by Crippen LogP contribution is -2.43. The lowest BCUT2D eigenvalue weighted by Gasteiger charge is -2.33. The molecule has 0 aliphatic heterocycles. The van der Waals surface area contributed by atoms with Crippen molar-refractivity contribution < 1.29 is 23.2 Å². The first kappa shape index (κ1) is 17.8. The second-order valence-corrected chi connectivity index (χ2v) is 8.11. The fourth-order valence-corrected chi connectivity index (χ4v) is 4.48. The van der Waals surface area contributed by atoms with Crippen LogP contribution in [0.2, 0.25) is 0 Å². The predicted octanol–water partition coefficient (Wildman–Crippen LogP) is 3.04. The smallest absolute Gasteiger partial charge is 0.268 e. The number of aliphatic hydroxyl groups is 1. The van der Waals surface area contributed by atoms with Crippen molar-refractivity contribution in [2.45, 2.75) is 37.2 Å². The van der Waals surface area contributed by atoms with Crippen LogP contribution >= 0.6 is 0 Å². The van der Waals surface area contributed by atoms with Crippen molar-refractivity contribution in [3.05, 3.63) is 36.4 Å². The molecule has 25 heavy (non-hydrogen) atoms. The molecule has 0 spiro atoms. The second-order valence-electron chi connectivity index (χ2n) is 6.48. The third-order valence-electron chi connectivity index (χ3n) is 4.79. The normalized spacial score (nSPS) is 27.8. The Balaban J connectivity index is 1.91. The van der Waals surface area contributed by atoms with Gasteiger partial charge in [-0.3, -0.25) is 4.55 Å². The monoisotopic (exact) mass is 364 g/mol. The Morgan fingerprint density at radius 1 is 1.12 bits per heavy atom. The average Bonchev–Trinajstić information content (AvgIpc) is 2.55. The first-order chi connectivity index (χ1) is 11.8. The zero-order chi connectivity index (χ0) is 18.2. The first-order valence-corrected chi connectivity index (χ1v) is 9.53. The van der Waals surface area contributed by atoms with Crippen LogP contribution in [0.5, 0.6) is 5.75 Å². The zero-order valence-electron chi connectivity index (χ0n) is 13.6. The first-order valence-electron chi connectivity index (χ1n) is 8.03. The van der Waals surface area contributed by atoms with Crippen LogP contribution in [-0.4, -0.2) is 40.6 Å². The Morgan fingerprint density at radius 2 is 1.84 bits per heavy atom. The Labute approximate surface area is 145 Å². The minimum absolute atomic E-state index is 0.0292. The van der Waals surface area contributed by atoms with Crippen LogP contribution < -0.4 is 0 Å². The summed E-state index contributed by atoms with van der Waals surface area (Å²) in [5.41, 5.74) is 0.301. The van der Waals surface area contributed by atoms with E-state index in [1.54, 1.807) is 13.0 Å². The van der Waals surface area contributed by atoms with Crippen molar-refractivity contribution in [2.75, 3.05) is 0 Å². The lowest BCUT2D eigenvalue weighted by atomic mass is 9.84. The van der Waals surface area contributed by atoms with Gasteiger partial charge >= 0.3 is 0 Å². The minimum atomic E-state index is -4.28. The second kappa shape index (κ2) is 6.70. The quantitative estimate of drug-likeness (QED) is 0.571. The van der Waals surface area contributed by atoms with Crippen molar-refractivity contribution in [2.24, 2.45) is 16.1 Å². The van der Waals surface area contributed by atoms with Crippen molar-refractivity contribution in [3.8, 4) is 5.75 Å². The van der Waals surface area contributed by atoms with Gasteiger partial charge in [-0.1, -0.05) is 37.3 Å². The molecule has 134 valence electrons. The highest BCUT2D eigenvalue weighted by Crippen LogP contribution is 2.37. The number of benzene rings is 2. The van der Waals surface area contributed by atoms with E-state index in [1.165, 1.54) is 6.07 Å². The number of hydrogen-bond donors (Lipinski definition) is 3. The molecule has 1 saturated carbocycles. The molecular formula is C17H20N2O5S. The summed E-state index contributed by atoms with van der Waals surface area (Å²) < 4.78 is 32.4. The summed E-state index contributed by atoms with van der Waals surface area (Å²) in [5.74, 6) is -0.606. The van der Waals surface area contributed by atoms with E-state index in [-0.39, 0.29) is 18.6 Å². The fourth-order valence-electron chi connectivity index (χ4n) is 3.30. The number of hydrogen-bond acceptors (Lipinski definition) is 6. The van der Waals surface area contributed by atoms with Gasteiger partial charge < -0.3 is 10.2 Å². The largest absolute Gasteiger partial charge is 0.506 e. The number of aliphatic hydroxyl groups excluding tert-OH is 1. The molecule has 2 aromatic rings. The Bertz CT molecular complexity index is 912.